The number of hydrogen-bond acceptors (Lipinski definition) is 6. The van der Waals surface area contributed by atoms with Gasteiger partial charge in [0.25, 0.3) is 11.6 Å². The quantitative estimate of drug-likeness (QED) is 0.654. The van der Waals surface area contributed by atoms with Crippen LogP contribution in [0, 0.1) is 15.9 Å². The van der Waals surface area contributed by atoms with Gasteiger partial charge < -0.3 is 9.73 Å². The Labute approximate surface area is 101 Å². The lowest BCUT2D eigenvalue weighted by Crippen LogP contribution is -2.04. The summed E-state index contributed by atoms with van der Waals surface area (Å²) in [5.41, 5.74) is -0.314. The Morgan fingerprint density at radius 2 is 2.28 bits per heavy atom. The SMILES string of the molecule is CNCc1nnc(-c2ccc(F)cc2[N+](=O)[O-])o1. The average molecular weight is 252 g/mol. The van der Waals surface area contributed by atoms with Crippen LogP contribution < -0.4 is 5.32 Å². The Morgan fingerprint density at radius 3 is 2.94 bits per heavy atom. The van der Waals surface area contributed by atoms with E-state index in [9.17, 15) is 14.5 Å². The molecule has 1 aromatic heterocycles. The minimum Gasteiger partial charge on any atom is -0.419 e. The highest BCUT2D eigenvalue weighted by Crippen LogP contribution is 2.29. The molecule has 0 aliphatic heterocycles. The van der Waals surface area contributed by atoms with Gasteiger partial charge >= 0.3 is 0 Å². The van der Waals surface area contributed by atoms with Crippen LogP contribution in [0.4, 0.5) is 10.1 Å². The summed E-state index contributed by atoms with van der Waals surface area (Å²) in [7, 11) is 1.70. The Bertz CT molecular complexity index is 584. The van der Waals surface area contributed by atoms with Crippen LogP contribution in [0.2, 0.25) is 0 Å². The van der Waals surface area contributed by atoms with E-state index in [2.05, 4.69) is 15.5 Å². The van der Waals surface area contributed by atoms with E-state index in [0.717, 1.165) is 12.1 Å². The number of nitrogens with zero attached hydrogens (tertiary/aromatic N) is 3. The van der Waals surface area contributed by atoms with Gasteiger partial charge in [0.05, 0.1) is 17.5 Å². The maximum atomic E-state index is 13.0. The average Bonchev–Trinajstić information content (AvgIpc) is 2.78. The summed E-state index contributed by atoms with van der Waals surface area (Å²) in [6, 6.07) is 3.16. The van der Waals surface area contributed by atoms with Gasteiger partial charge in [0.15, 0.2) is 0 Å². The van der Waals surface area contributed by atoms with Gasteiger partial charge in [0.1, 0.15) is 11.4 Å². The molecule has 1 heterocycles. The van der Waals surface area contributed by atoms with Crippen molar-refractivity contribution in [3.05, 3.63) is 40.0 Å². The number of nitro groups is 1. The summed E-state index contributed by atoms with van der Waals surface area (Å²) < 4.78 is 18.2. The van der Waals surface area contributed by atoms with Crippen molar-refractivity contribution in [3.63, 3.8) is 0 Å². The van der Waals surface area contributed by atoms with Crippen LogP contribution in [0.3, 0.4) is 0 Å². The first-order valence-electron chi connectivity index (χ1n) is 5.03. The molecule has 2 rings (SSSR count). The van der Waals surface area contributed by atoms with Crippen LogP contribution in [0.25, 0.3) is 11.5 Å². The summed E-state index contributed by atoms with van der Waals surface area (Å²) in [5.74, 6) is -0.404. The fourth-order valence-electron chi connectivity index (χ4n) is 1.42. The van der Waals surface area contributed by atoms with Crippen LogP contribution in [0.1, 0.15) is 5.89 Å². The third-order valence-corrected chi connectivity index (χ3v) is 2.18. The lowest BCUT2D eigenvalue weighted by atomic mass is 10.2. The van der Waals surface area contributed by atoms with Gasteiger partial charge in [-0.1, -0.05) is 0 Å². The molecule has 1 aromatic carbocycles. The van der Waals surface area contributed by atoms with Crippen molar-refractivity contribution in [1.82, 2.24) is 15.5 Å². The smallest absolute Gasteiger partial charge is 0.285 e. The van der Waals surface area contributed by atoms with E-state index in [0.29, 0.717) is 12.4 Å². The zero-order valence-corrected chi connectivity index (χ0v) is 9.38. The van der Waals surface area contributed by atoms with Gasteiger partial charge in [-0.2, -0.15) is 0 Å². The minimum atomic E-state index is -0.694. The second-order valence-electron chi connectivity index (χ2n) is 3.45. The molecule has 0 fully saturated rings. The molecule has 18 heavy (non-hydrogen) atoms. The molecule has 0 radical (unpaired) electrons. The lowest BCUT2D eigenvalue weighted by Gasteiger charge is -1.98. The van der Waals surface area contributed by atoms with Crippen molar-refractivity contribution in [2.24, 2.45) is 0 Å². The largest absolute Gasteiger partial charge is 0.419 e. The van der Waals surface area contributed by atoms with Crippen LogP contribution in [0.15, 0.2) is 22.6 Å². The first-order valence-corrected chi connectivity index (χ1v) is 5.03. The molecule has 7 nitrogen and oxygen atoms in total. The highest BCUT2D eigenvalue weighted by Gasteiger charge is 2.21. The summed E-state index contributed by atoms with van der Waals surface area (Å²) in [6.07, 6.45) is 0. The van der Waals surface area contributed by atoms with E-state index in [1.807, 2.05) is 0 Å². The third kappa shape index (κ3) is 2.33. The zero-order valence-electron chi connectivity index (χ0n) is 9.38. The molecule has 0 saturated heterocycles. The van der Waals surface area contributed by atoms with E-state index in [1.165, 1.54) is 6.07 Å². The van der Waals surface area contributed by atoms with Gasteiger partial charge in [0.2, 0.25) is 5.89 Å². The van der Waals surface area contributed by atoms with E-state index in [-0.39, 0.29) is 11.5 Å². The van der Waals surface area contributed by atoms with Crippen LogP contribution >= 0.6 is 0 Å². The summed E-state index contributed by atoms with van der Waals surface area (Å²) >= 11 is 0. The fraction of sp³-hybridized carbons (Fsp3) is 0.200. The number of benzene rings is 1. The molecule has 0 bridgehead atoms. The third-order valence-electron chi connectivity index (χ3n) is 2.18. The highest BCUT2D eigenvalue weighted by atomic mass is 19.1. The van der Waals surface area contributed by atoms with Crippen LogP contribution in [-0.2, 0) is 6.54 Å². The number of hydrogen-bond donors (Lipinski definition) is 1. The van der Waals surface area contributed by atoms with Crippen molar-refractivity contribution in [1.29, 1.82) is 0 Å². The molecular formula is C10H9FN4O3. The first-order chi connectivity index (χ1) is 8.61. The molecule has 0 aliphatic rings. The van der Waals surface area contributed by atoms with E-state index in [4.69, 9.17) is 4.42 Å². The van der Waals surface area contributed by atoms with Gasteiger partial charge in [-0.05, 0) is 19.2 Å². The summed E-state index contributed by atoms with van der Waals surface area (Å²) in [5, 5.41) is 21.0. The Morgan fingerprint density at radius 1 is 1.50 bits per heavy atom. The highest BCUT2D eigenvalue weighted by molar-refractivity contribution is 5.66. The van der Waals surface area contributed by atoms with Crippen molar-refractivity contribution in [2.75, 3.05) is 7.05 Å². The molecule has 0 amide bonds. The molecule has 8 heteroatoms. The van der Waals surface area contributed by atoms with Gasteiger partial charge in [0, 0.05) is 0 Å². The van der Waals surface area contributed by atoms with Crippen molar-refractivity contribution in [2.45, 2.75) is 6.54 Å². The summed E-state index contributed by atoms with van der Waals surface area (Å²) in [6.45, 7) is 0.349. The molecule has 0 spiro atoms. The predicted molar refractivity (Wildman–Crippen MR) is 59.1 cm³/mol. The van der Waals surface area contributed by atoms with Gasteiger partial charge in [-0.15, -0.1) is 10.2 Å². The molecule has 94 valence electrons. The second kappa shape index (κ2) is 4.88. The second-order valence-corrected chi connectivity index (χ2v) is 3.45. The number of nitrogens with one attached hydrogen (secondary N) is 1. The van der Waals surface area contributed by atoms with Crippen molar-refractivity contribution < 1.29 is 13.7 Å². The normalized spacial score (nSPS) is 10.6. The van der Waals surface area contributed by atoms with Gasteiger partial charge in [-0.3, -0.25) is 10.1 Å². The minimum absolute atomic E-state index is 0.00745. The molecule has 0 unspecified atom stereocenters. The van der Waals surface area contributed by atoms with E-state index < -0.39 is 16.4 Å². The number of aromatic nitrogens is 2. The molecule has 0 aliphatic carbocycles. The number of halogens is 1. The molecular weight excluding hydrogens is 243 g/mol. The van der Waals surface area contributed by atoms with E-state index >= 15 is 0 Å². The van der Waals surface area contributed by atoms with Crippen molar-refractivity contribution >= 4 is 5.69 Å². The Hall–Kier alpha value is -2.35. The first kappa shape index (κ1) is 12.1. The fourth-order valence-corrected chi connectivity index (χ4v) is 1.42. The van der Waals surface area contributed by atoms with Gasteiger partial charge in [-0.25, -0.2) is 4.39 Å². The predicted octanol–water partition coefficient (Wildman–Crippen LogP) is 1.50. The Kier molecular flexibility index (Phi) is 3.28. The van der Waals surface area contributed by atoms with Crippen LogP contribution in [0.5, 0.6) is 0 Å². The molecule has 2 aromatic rings. The van der Waals surface area contributed by atoms with E-state index in [1.54, 1.807) is 7.05 Å². The Balaban J connectivity index is 2.45. The monoisotopic (exact) mass is 252 g/mol. The maximum Gasteiger partial charge on any atom is 0.285 e. The molecule has 0 atom stereocenters. The lowest BCUT2D eigenvalue weighted by molar-refractivity contribution is -0.384. The number of rotatable bonds is 4. The maximum absolute atomic E-state index is 13.0. The van der Waals surface area contributed by atoms with Crippen LogP contribution in [-0.4, -0.2) is 22.2 Å². The molecule has 0 saturated carbocycles. The summed E-state index contributed by atoms with van der Waals surface area (Å²) in [4.78, 5) is 10.1. The van der Waals surface area contributed by atoms with Crippen molar-refractivity contribution in [3.8, 4) is 11.5 Å². The zero-order chi connectivity index (χ0) is 13.1. The molecule has 1 N–H and O–H groups in total. The number of nitro benzene ring substituents is 1. The topological polar surface area (TPSA) is 94.1 Å². The standard InChI is InChI=1S/C10H9FN4O3/c1-12-5-9-13-14-10(18-9)7-3-2-6(11)4-8(7)15(16)17/h2-4,12H,5H2,1H3.